The SMILES string of the molecule is C1=Cc2c(n([I-]n3c4ccccc4c4ccccc43)c3ccccc23)C=I1. The van der Waals surface area contributed by atoms with Gasteiger partial charge in [-0.1, -0.05) is 0 Å². The second kappa shape index (κ2) is 6.31. The van der Waals surface area contributed by atoms with E-state index >= 15 is 0 Å². The minimum absolute atomic E-state index is 0.0179. The molecular formula is C23H15I2N2-. The van der Waals surface area contributed by atoms with Crippen LogP contribution in [0.3, 0.4) is 0 Å². The van der Waals surface area contributed by atoms with Gasteiger partial charge >= 0.3 is 179 Å². The van der Waals surface area contributed by atoms with E-state index in [1.165, 1.54) is 44.0 Å². The number of nitrogens with zero attached hydrogens (tertiary/aromatic N) is 2. The summed E-state index contributed by atoms with van der Waals surface area (Å²) in [4.78, 5) is 0. The Morgan fingerprint density at radius 2 is 1.19 bits per heavy atom. The first kappa shape index (κ1) is 16.1. The van der Waals surface area contributed by atoms with Gasteiger partial charge in [-0.15, -0.1) is 0 Å². The molecule has 1 aliphatic rings. The molecule has 0 bridgehead atoms. The van der Waals surface area contributed by atoms with Gasteiger partial charge in [0.1, 0.15) is 0 Å². The van der Waals surface area contributed by atoms with Crippen LogP contribution in [0, 0.1) is 0 Å². The Hall–Kier alpha value is -1.93. The predicted molar refractivity (Wildman–Crippen MR) is 120 cm³/mol. The monoisotopic (exact) mass is 573 g/mol. The van der Waals surface area contributed by atoms with Crippen LogP contribution in [0.15, 0.2) is 76.9 Å². The Morgan fingerprint density at radius 1 is 0.630 bits per heavy atom. The number of hydrogen-bond donors (Lipinski definition) is 0. The van der Waals surface area contributed by atoms with Crippen LogP contribution in [-0.2, 0) is 0 Å². The van der Waals surface area contributed by atoms with E-state index in [1.807, 2.05) is 0 Å². The molecule has 0 amide bonds. The second-order valence-corrected chi connectivity index (χ2v) is 10.9. The molecule has 0 atom stereocenters. The molecule has 2 nitrogen and oxygen atoms in total. The fourth-order valence-corrected chi connectivity index (χ4v) is 9.12. The molecule has 0 radical (unpaired) electrons. The molecule has 0 saturated carbocycles. The zero-order valence-corrected chi connectivity index (χ0v) is 18.6. The zero-order chi connectivity index (χ0) is 17.8. The van der Waals surface area contributed by atoms with Crippen LogP contribution < -0.4 is 21.8 Å². The zero-order valence-electron chi connectivity index (χ0n) is 14.3. The summed E-state index contributed by atoms with van der Waals surface area (Å²) in [5, 5.41) is 4.09. The van der Waals surface area contributed by atoms with Crippen molar-refractivity contribution in [3.63, 3.8) is 0 Å². The number of fused-ring (bicyclic) bond motifs is 6. The first-order chi connectivity index (χ1) is 13.4. The fraction of sp³-hybridized carbons (Fsp3) is 0. The van der Waals surface area contributed by atoms with E-state index in [0.717, 1.165) is 0 Å². The van der Waals surface area contributed by atoms with Crippen LogP contribution in [-0.4, -0.2) is 9.57 Å². The molecule has 0 fully saturated rings. The quantitative estimate of drug-likeness (QED) is 0.288. The number of hydrogen-bond acceptors (Lipinski definition) is 0. The molecule has 1 aliphatic heterocycles. The van der Waals surface area contributed by atoms with Gasteiger partial charge in [-0.05, 0) is 0 Å². The molecule has 0 saturated heterocycles. The van der Waals surface area contributed by atoms with Crippen LogP contribution in [0.1, 0.15) is 11.3 Å². The van der Waals surface area contributed by atoms with Crippen LogP contribution in [0.25, 0.3) is 38.8 Å². The van der Waals surface area contributed by atoms with E-state index in [2.05, 4.69) is 92.5 Å². The summed E-state index contributed by atoms with van der Waals surface area (Å²) in [5.74, 6) is 0. The van der Waals surface area contributed by atoms with Crippen LogP contribution in [0.5, 0.6) is 0 Å². The van der Waals surface area contributed by atoms with Gasteiger partial charge in [0.25, 0.3) is 0 Å². The molecular weight excluding hydrogens is 558 g/mol. The Kier molecular flexibility index (Phi) is 3.75. The van der Waals surface area contributed by atoms with Crippen molar-refractivity contribution in [3.8, 4) is 0 Å². The van der Waals surface area contributed by atoms with Crippen LogP contribution >= 0.6 is 20.7 Å². The van der Waals surface area contributed by atoms with Gasteiger partial charge in [-0.25, -0.2) is 0 Å². The number of halogens is 2. The fourth-order valence-electron chi connectivity index (χ4n) is 3.83. The molecule has 6 rings (SSSR count). The van der Waals surface area contributed by atoms with Gasteiger partial charge in [0.05, 0.1) is 0 Å². The number of rotatable bonds is 2. The van der Waals surface area contributed by atoms with E-state index in [1.54, 1.807) is 0 Å². The molecule has 3 heterocycles. The number of aromatic nitrogens is 2. The number of para-hydroxylation sites is 3. The molecule has 132 valence electrons. The normalized spacial score (nSPS) is 13.5. The Morgan fingerprint density at radius 3 is 1.85 bits per heavy atom. The van der Waals surface area contributed by atoms with Gasteiger partial charge < -0.3 is 0 Å². The molecule has 27 heavy (non-hydrogen) atoms. The van der Waals surface area contributed by atoms with Crippen molar-refractivity contribution in [2.24, 2.45) is 0 Å². The molecule has 0 unspecified atom stereocenters. The third-order valence-electron chi connectivity index (χ3n) is 5.03. The molecule has 4 heteroatoms. The summed E-state index contributed by atoms with van der Waals surface area (Å²) in [6, 6.07) is 26.5. The topological polar surface area (TPSA) is 9.86 Å². The van der Waals surface area contributed by atoms with Gasteiger partial charge in [-0.2, -0.15) is 0 Å². The van der Waals surface area contributed by atoms with Gasteiger partial charge in [0, 0.05) is 0 Å². The van der Waals surface area contributed by atoms with Crippen molar-refractivity contribution in [2.45, 2.75) is 0 Å². The van der Waals surface area contributed by atoms with Crippen LogP contribution in [0.4, 0.5) is 0 Å². The van der Waals surface area contributed by atoms with E-state index in [-0.39, 0.29) is 20.7 Å². The van der Waals surface area contributed by atoms with Crippen molar-refractivity contribution in [3.05, 3.63) is 88.1 Å². The van der Waals surface area contributed by atoms with E-state index in [0.29, 0.717) is 0 Å². The first-order valence-corrected chi connectivity index (χ1v) is 13.2. The summed E-state index contributed by atoms with van der Waals surface area (Å²) in [7, 11) is 0. The standard InChI is InChI=1S/C23H15I2N2/c1-4-10-20-16(7-1)17-8-2-5-11-21(17)26(20)25-27-22-12-6-3-9-18(22)19-13-14-24-15-23(19)27/h1-15H/q-1. The second-order valence-electron chi connectivity index (χ2n) is 6.52. The van der Waals surface area contributed by atoms with E-state index in [9.17, 15) is 0 Å². The molecule has 0 aliphatic carbocycles. The Balaban J connectivity index is 1.67. The summed E-state index contributed by atoms with van der Waals surface area (Å²) >= 11 is -0.416. The van der Waals surface area contributed by atoms with Crippen molar-refractivity contribution in [1.29, 1.82) is 0 Å². The first-order valence-electron chi connectivity index (χ1n) is 8.81. The summed E-state index contributed by atoms with van der Waals surface area (Å²) < 4.78 is 10.0. The minimum atomic E-state index is -0.434. The predicted octanol–water partition coefficient (Wildman–Crippen LogP) is 3.17. The van der Waals surface area contributed by atoms with Crippen molar-refractivity contribution in [2.75, 3.05) is 0 Å². The maximum absolute atomic E-state index is 2.60. The molecule has 0 N–H and O–H groups in total. The van der Waals surface area contributed by atoms with Crippen molar-refractivity contribution < 1.29 is 21.8 Å². The van der Waals surface area contributed by atoms with Crippen molar-refractivity contribution >= 4 is 63.5 Å². The van der Waals surface area contributed by atoms with Gasteiger partial charge in [-0.3, -0.25) is 0 Å². The summed E-state index contributed by atoms with van der Waals surface area (Å²) in [5.41, 5.74) is 6.89. The Labute approximate surface area is 177 Å². The summed E-state index contributed by atoms with van der Waals surface area (Å²) in [6.45, 7) is 0. The van der Waals surface area contributed by atoms with Crippen molar-refractivity contribution in [1.82, 2.24) is 5.56 Å². The third kappa shape index (κ3) is 2.39. The third-order valence-corrected chi connectivity index (χ3v) is 9.70. The average molecular weight is 573 g/mol. The molecule has 2 aromatic heterocycles. The molecule has 3 aromatic carbocycles. The van der Waals surface area contributed by atoms with E-state index in [4.69, 9.17) is 0 Å². The maximum atomic E-state index is 2.60. The molecule has 5 aromatic rings. The Bertz CT molecular complexity index is 1350. The van der Waals surface area contributed by atoms with Crippen LogP contribution in [0.2, 0.25) is 0 Å². The van der Waals surface area contributed by atoms with Gasteiger partial charge in [0.2, 0.25) is 0 Å². The number of benzene rings is 3. The summed E-state index contributed by atoms with van der Waals surface area (Å²) in [6.07, 6.45) is 2.34. The molecule has 0 spiro atoms. The van der Waals surface area contributed by atoms with E-state index < -0.39 is 21.8 Å². The average Bonchev–Trinajstić information content (AvgIpc) is 3.23. The van der Waals surface area contributed by atoms with Gasteiger partial charge in [0.15, 0.2) is 0 Å².